The summed E-state index contributed by atoms with van der Waals surface area (Å²) in [5, 5.41) is 10.4. The number of aromatic nitrogens is 2. The van der Waals surface area contributed by atoms with Gasteiger partial charge in [-0.2, -0.15) is 0 Å². The van der Waals surface area contributed by atoms with E-state index in [4.69, 9.17) is 0 Å². The van der Waals surface area contributed by atoms with Crippen molar-refractivity contribution >= 4 is 0 Å². The zero-order chi connectivity index (χ0) is 17.8. The van der Waals surface area contributed by atoms with E-state index in [0.717, 1.165) is 43.3 Å². The summed E-state index contributed by atoms with van der Waals surface area (Å²) >= 11 is 0. The summed E-state index contributed by atoms with van der Waals surface area (Å²) in [6.45, 7) is 8.13. The number of aromatic amines is 1. The summed E-state index contributed by atoms with van der Waals surface area (Å²) in [6, 6.07) is 11.4. The third kappa shape index (κ3) is 4.54. The molecule has 0 bridgehead atoms. The quantitative estimate of drug-likeness (QED) is 0.861. The number of aliphatic hydroxyl groups excluding tert-OH is 1. The molecule has 6 nitrogen and oxygen atoms in total. The maximum absolute atomic E-state index is 11.7. The molecule has 25 heavy (non-hydrogen) atoms. The van der Waals surface area contributed by atoms with Gasteiger partial charge in [-0.1, -0.05) is 30.3 Å². The molecule has 0 aliphatic carbocycles. The van der Waals surface area contributed by atoms with Crippen LogP contribution in [0, 0.1) is 6.92 Å². The van der Waals surface area contributed by atoms with Gasteiger partial charge in [-0.25, -0.2) is 4.98 Å². The summed E-state index contributed by atoms with van der Waals surface area (Å²) in [5.74, 6) is 0.725. The molecule has 0 spiro atoms. The highest BCUT2D eigenvalue weighted by molar-refractivity contribution is 5.17. The van der Waals surface area contributed by atoms with Gasteiger partial charge in [-0.05, 0) is 19.4 Å². The number of aliphatic hydroxyl groups is 1. The van der Waals surface area contributed by atoms with Crippen LogP contribution < -0.4 is 5.56 Å². The highest BCUT2D eigenvalue weighted by atomic mass is 16.3. The van der Waals surface area contributed by atoms with Crippen LogP contribution in [-0.2, 0) is 0 Å². The highest BCUT2D eigenvalue weighted by Gasteiger charge is 2.24. The maximum Gasteiger partial charge on any atom is 0.251 e. The molecule has 134 valence electrons. The Morgan fingerprint density at radius 2 is 1.88 bits per heavy atom. The van der Waals surface area contributed by atoms with E-state index >= 15 is 0 Å². The Bertz CT molecular complexity index is 739. The summed E-state index contributed by atoms with van der Waals surface area (Å²) in [6.07, 6.45) is -0.458. The molecule has 1 fully saturated rings. The normalized spacial score (nSPS) is 18.8. The first-order valence-corrected chi connectivity index (χ1v) is 8.80. The molecule has 1 aromatic heterocycles. The van der Waals surface area contributed by atoms with Gasteiger partial charge in [-0.3, -0.25) is 14.6 Å². The fraction of sp³-hybridized carbons (Fsp3) is 0.474. The van der Waals surface area contributed by atoms with Gasteiger partial charge in [0.2, 0.25) is 0 Å². The van der Waals surface area contributed by atoms with Crippen molar-refractivity contribution in [2.24, 2.45) is 0 Å². The van der Waals surface area contributed by atoms with E-state index in [2.05, 4.69) is 26.7 Å². The molecule has 0 amide bonds. The first-order chi connectivity index (χ1) is 12.0. The Morgan fingerprint density at radius 3 is 2.52 bits per heavy atom. The zero-order valence-electron chi connectivity index (χ0n) is 14.9. The number of hydrogen-bond donors (Lipinski definition) is 2. The number of aryl methyl sites for hydroxylation is 1. The Labute approximate surface area is 148 Å². The van der Waals surface area contributed by atoms with Crippen LogP contribution in [0.25, 0.3) is 0 Å². The SMILES string of the molecule is Cc1cc(=O)[nH]c([C@H](C)N2CCN(C[C@@H](O)c3ccccc3)CC2)n1. The Balaban J connectivity index is 1.55. The lowest BCUT2D eigenvalue weighted by atomic mass is 10.1. The number of hydrogen-bond acceptors (Lipinski definition) is 5. The minimum absolute atomic E-state index is 0.0776. The van der Waals surface area contributed by atoms with Gasteiger partial charge < -0.3 is 10.1 Å². The Hall–Kier alpha value is -2.02. The second kappa shape index (κ2) is 7.91. The maximum atomic E-state index is 11.7. The molecule has 3 rings (SSSR count). The van der Waals surface area contributed by atoms with Crippen LogP contribution in [0.2, 0.25) is 0 Å². The highest BCUT2D eigenvalue weighted by Crippen LogP contribution is 2.20. The van der Waals surface area contributed by atoms with Crippen molar-refractivity contribution < 1.29 is 5.11 Å². The van der Waals surface area contributed by atoms with Crippen molar-refractivity contribution in [3.8, 4) is 0 Å². The number of piperazine rings is 1. The lowest BCUT2D eigenvalue weighted by Crippen LogP contribution is -2.48. The van der Waals surface area contributed by atoms with Gasteiger partial charge in [-0.15, -0.1) is 0 Å². The smallest absolute Gasteiger partial charge is 0.251 e. The monoisotopic (exact) mass is 342 g/mol. The fourth-order valence-corrected chi connectivity index (χ4v) is 3.33. The van der Waals surface area contributed by atoms with Crippen LogP contribution in [0.3, 0.4) is 0 Å². The molecule has 0 unspecified atom stereocenters. The predicted molar refractivity (Wildman–Crippen MR) is 97.4 cm³/mol. The van der Waals surface area contributed by atoms with Crippen molar-refractivity contribution in [1.82, 2.24) is 19.8 Å². The Morgan fingerprint density at radius 1 is 1.20 bits per heavy atom. The zero-order valence-corrected chi connectivity index (χ0v) is 14.9. The molecule has 0 saturated carbocycles. The number of β-amino-alcohol motifs (C(OH)–C–C–N with tert-alkyl or cyclic N) is 1. The van der Waals surface area contributed by atoms with Crippen molar-refractivity contribution in [3.63, 3.8) is 0 Å². The number of nitrogens with one attached hydrogen (secondary N) is 1. The third-order valence-electron chi connectivity index (χ3n) is 4.85. The van der Waals surface area contributed by atoms with Crippen LogP contribution in [0.15, 0.2) is 41.2 Å². The summed E-state index contributed by atoms with van der Waals surface area (Å²) < 4.78 is 0. The summed E-state index contributed by atoms with van der Waals surface area (Å²) in [5.41, 5.74) is 1.61. The summed E-state index contributed by atoms with van der Waals surface area (Å²) in [4.78, 5) is 23.6. The minimum atomic E-state index is -0.458. The standard InChI is InChI=1S/C19H26N4O2/c1-14-12-18(25)21-19(20-14)15(2)23-10-8-22(9-11-23)13-17(24)16-6-4-3-5-7-16/h3-7,12,15,17,24H,8-11,13H2,1-2H3,(H,20,21,25)/t15-,17+/m0/s1. The molecule has 1 aliphatic heterocycles. The van der Waals surface area contributed by atoms with Gasteiger partial charge >= 0.3 is 0 Å². The molecule has 1 saturated heterocycles. The van der Waals surface area contributed by atoms with Crippen LogP contribution >= 0.6 is 0 Å². The molecule has 2 aromatic rings. The van der Waals surface area contributed by atoms with E-state index in [9.17, 15) is 9.90 Å². The van der Waals surface area contributed by atoms with E-state index < -0.39 is 6.10 Å². The first kappa shape index (κ1) is 17.8. The molecule has 2 heterocycles. The van der Waals surface area contributed by atoms with E-state index in [1.54, 1.807) is 0 Å². The van der Waals surface area contributed by atoms with Crippen LogP contribution in [0.5, 0.6) is 0 Å². The van der Waals surface area contributed by atoms with Gasteiger partial charge in [0.1, 0.15) is 5.82 Å². The van der Waals surface area contributed by atoms with Crippen molar-refractivity contribution in [3.05, 3.63) is 63.8 Å². The third-order valence-corrected chi connectivity index (χ3v) is 4.85. The van der Waals surface area contributed by atoms with Gasteiger partial charge in [0, 0.05) is 44.5 Å². The lowest BCUT2D eigenvalue weighted by molar-refractivity contribution is 0.0573. The van der Waals surface area contributed by atoms with E-state index in [-0.39, 0.29) is 11.6 Å². The van der Waals surface area contributed by atoms with Crippen molar-refractivity contribution in [2.75, 3.05) is 32.7 Å². The van der Waals surface area contributed by atoms with Gasteiger partial charge in [0.15, 0.2) is 0 Å². The fourth-order valence-electron chi connectivity index (χ4n) is 3.33. The minimum Gasteiger partial charge on any atom is -0.387 e. The number of rotatable bonds is 5. The molecule has 1 aliphatic rings. The number of H-pyrrole nitrogens is 1. The topological polar surface area (TPSA) is 72.5 Å². The predicted octanol–water partition coefficient (Wildman–Crippen LogP) is 1.49. The van der Waals surface area contributed by atoms with Crippen LogP contribution in [-0.4, -0.2) is 57.6 Å². The van der Waals surface area contributed by atoms with E-state index in [1.807, 2.05) is 37.3 Å². The molecular formula is C19H26N4O2. The van der Waals surface area contributed by atoms with Crippen molar-refractivity contribution in [1.29, 1.82) is 0 Å². The molecule has 6 heteroatoms. The first-order valence-electron chi connectivity index (χ1n) is 8.80. The average Bonchev–Trinajstić information content (AvgIpc) is 2.61. The lowest BCUT2D eigenvalue weighted by Gasteiger charge is -2.38. The van der Waals surface area contributed by atoms with Gasteiger partial charge in [0.25, 0.3) is 5.56 Å². The number of benzene rings is 1. The molecule has 1 aromatic carbocycles. The van der Waals surface area contributed by atoms with Gasteiger partial charge in [0.05, 0.1) is 12.1 Å². The van der Waals surface area contributed by atoms with E-state index in [0.29, 0.717) is 6.54 Å². The van der Waals surface area contributed by atoms with E-state index in [1.165, 1.54) is 6.07 Å². The molecule has 2 N–H and O–H groups in total. The Kier molecular flexibility index (Phi) is 5.63. The number of nitrogens with zero attached hydrogens (tertiary/aromatic N) is 3. The summed E-state index contributed by atoms with van der Waals surface area (Å²) in [7, 11) is 0. The van der Waals surface area contributed by atoms with Crippen molar-refractivity contribution in [2.45, 2.75) is 26.0 Å². The molecule has 0 radical (unpaired) electrons. The second-order valence-corrected chi connectivity index (χ2v) is 6.71. The van der Waals surface area contributed by atoms with Crippen LogP contribution in [0.4, 0.5) is 0 Å². The average molecular weight is 342 g/mol. The molecular weight excluding hydrogens is 316 g/mol. The van der Waals surface area contributed by atoms with Crippen LogP contribution in [0.1, 0.15) is 36.2 Å². The molecule has 2 atom stereocenters. The second-order valence-electron chi connectivity index (χ2n) is 6.71. The largest absolute Gasteiger partial charge is 0.387 e.